The predicted octanol–water partition coefficient (Wildman–Crippen LogP) is 5.02. The Morgan fingerprint density at radius 2 is 1.56 bits per heavy atom. The smallest absolute Gasteiger partial charge is 0.337 e. The average molecular weight is 419 g/mol. The van der Waals surface area contributed by atoms with E-state index in [1.54, 1.807) is 0 Å². The lowest BCUT2D eigenvalue weighted by molar-refractivity contribution is 0.0697. The van der Waals surface area contributed by atoms with Crippen LogP contribution >= 0.6 is 11.6 Å². The van der Waals surface area contributed by atoms with Crippen molar-refractivity contribution in [1.29, 1.82) is 0 Å². The molecule has 0 heterocycles. The number of aromatic carboxylic acids is 1. The summed E-state index contributed by atoms with van der Waals surface area (Å²) in [5.41, 5.74) is 0.145. The summed E-state index contributed by atoms with van der Waals surface area (Å²) < 4.78 is 23.0. The van der Waals surface area contributed by atoms with Crippen molar-refractivity contribution in [1.82, 2.24) is 0 Å². The van der Waals surface area contributed by atoms with E-state index < -0.39 is 16.0 Å². The van der Waals surface area contributed by atoms with E-state index in [0.717, 1.165) is 25.3 Å². The van der Waals surface area contributed by atoms with Crippen LogP contribution in [0, 0.1) is 0 Å². The first-order chi connectivity index (χ1) is 12.8. The normalized spacial score (nSPS) is 11.5. The molecular formula is C19H31ClN2O4S. The third-order valence-electron chi connectivity index (χ3n) is 4.45. The number of carboxylic acid groups (broad SMARTS) is 1. The molecule has 154 valence electrons. The van der Waals surface area contributed by atoms with Crippen LogP contribution in [-0.4, -0.2) is 26.0 Å². The molecule has 0 unspecified atom stereocenters. The SMILES string of the molecule is CCCCCCCCCCCCNc1cc(Cl)c(S(N)(=O)=O)cc1C(=O)O. The molecular weight excluding hydrogens is 388 g/mol. The fourth-order valence-electron chi connectivity index (χ4n) is 2.93. The lowest BCUT2D eigenvalue weighted by atomic mass is 10.1. The first-order valence-corrected chi connectivity index (χ1v) is 11.5. The van der Waals surface area contributed by atoms with Crippen LogP contribution in [0.4, 0.5) is 5.69 Å². The van der Waals surface area contributed by atoms with Gasteiger partial charge in [0.25, 0.3) is 0 Å². The number of unbranched alkanes of at least 4 members (excludes halogenated alkanes) is 9. The molecule has 0 radical (unpaired) electrons. The Kier molecular flexibility index (Phi) is 10.7. The lowest BCUT2D eigenvalue weighted by Gasteiger charge is -2.12. The van der Waals surface area contributed by atoms with Gasteiger partial charge < -0.3 is 10.4 Å². The van der Waals surface area contributed by atoms with Crippen LogP contribution in [0.15, 0.2) is 17.0 Å². The second-order valence-corrected chi connectivity index (χ2v) is 8.72. The third kappa shape index (κ3) is 8.95. The summed E-state index contributed by atoms with van der Waals surface area (Å²) in [5.74, 6) is -1.23. The minimum Gasteiger partial charge on any atom is -0.478 e. The van der Waals surface area contributed by atoms with Crippen LogP contribution in [0.1, 0.15) is 81.5 Å². The number of anilines is 1. The van der Waals surface area contributed by atoms with E-state index >= 15 is 0 Å². The van der Waals surface area contributed by atoms with Gasteiger partial charge in [0.05, 0.1) is 16.3 Å². The van der Waals surface area contributed by atoms with Crippen molar-refractivity contribution >= 4 is 33.3 Å². The summed E-state index contributed by atoms with van der Waals surface area (Å²) in [6.45, 7) is 2.82. The summed E-state index contributed by atoms with van der Waals surface area (Å²) in [6, 6.07) is 2.31. The summed E-state index contributed by atoms with van der Waals surface area (Å²) in [7, 11) is -4.08. The van der Waals surface area contributed by atoms with Crippen LogP contribution < -0.4 is 10.5 Å². The number of nitrogens with one attached hydrogen (secondary N) is 1. The van der Waals surface area contributed by atoms with E-state index in [1.807, 2.05) is 0 Å². The van der Waals surface area contributed by atoms with Crippen LogP contribution in [0.3, 0.4) is 0 Å². The van der Waals surface area contributed by atoms with Crippen molar-refractivity contribution in [3.05, 3.63) is 22.7 Å². The van der Waals surface area contributed by atoms with Crippen molar-refractivity contribution in [2.45, 2.75) is 76.0 Å². The molecule has 0 amide bonds. The van der Waals surface area contributed by atoms with E-state index in [4.69, 9.17) is 16.7 Å². The number of rotatable bonds is 14. The number of halogens is 1. The number of sulfonamides is 1. The number of carboxylic acids is 1. The zero-order valence-electron chi connectivity index (χ0n) is 16.0. The quantitative estimate of drug-likeness (QED) is 0.367. The summed E-state index contributed by atoms with van der Waals surface area (Å²) in [4.78, 5) is 11.0. The summed E-state index contributed by atoms with van der Waals surface area (Å²) in [6.07, 6.45) is 12.2. The molecule has 0 saturated heterocycles. The van der Waals surface area contributed by atoms with E-state index in [-0.39, 0.29) is 15.5 Å². The van der Waals surface area contributed by atoms with E-state index in [9.17, 15) is 18.3 Å². The van der Waals surface area contributed by atoms with Crippen LogP contribution in [0.5, 0.6) is 0 Å². The molecule has 0 aliphatic carbocycles. The zero-order valence-corrected chi connectivity index (χ0v) is 17.5. The molecule has 8 heteroatoms. The summed E-state index contributed by atoms with van der Waals surface area (Å²) in [5, 5.41) is 17.3. The molecule has 0 aromatic heterocycles. The molecule has 0 fully saturated rings. The van der Waals surface area contributed by atoms with Gasteiger partial charge in [-0.1, -0.05) is 76.3 Å². The molecule has 1 aromatic rings. The van der Waals surface area contributed by atoms with Crippen LogP contribution in [0.2, 0.25) is 5.02 Å². The monoisotopic (exact) mass is 418 g/mol. The zero-order chi connectivity index (χ0) is 20.3. The lowest BCUT2D eigenvalue weighted by Crippen LogP contribution is -2.15. The Bertz CT molecular complexity index is 708. The van der Waals surface area contributed by atoms with Gasteiger partial charge in [0.2, 0.25) is 10.0 Å². The van der Waals surface area contributed by atoms with Crippen LogP contribution in [-0.2, 0) is 10.0 Å². The number of benzene rings is 1. The minimum atomic E-state index is -4.08. The highest BCUT2D eigenvalue weighted by Gasteiger charge is 2.20. The molecule has 1 rings (SSSR count). The Morgan fingerprint density at radius 3 is 2.04 bits per heavy atom. The number of nitrogens with two attached hydrogens (primary N) is 1. The molecule has 0 spiro atoms. The fraction of sp³-hybridized carbons (Fsp3) is 0.632. The maximum absolute atomic E-state index is 11.5. The van der Waals surface area contributed by atoms with Crippen molar-refractivity contribution in [3.8, 4) is 0 Å². The Morgan fingerprint density at radius 1 is 1.04 bits per heavy atom. The van der Waals surface area contributed by atoms with Gasteiger partial charge in [-0.3, -0.25) is 0 Å². The Labute approximate surface area is 167 Å². The van der Waals surface area contributed by atoms with Gasteiger partial charge in [-0.15, -0.1) is 0 Å². The van der Waals surface area contributed by atoms with E-state index in [0.29, 0.717) is 12.2 Å². The minimum absolute atomic E-state index is 0.0897. The second-order valence-electron chi connectivity index (χ2n) is 6.79. The first kappa shape index (κ1) is 23.7. The molecule has 6 nitrogen and oxygen atoms in total. The van der Waals surface area contributed by atoms with Gasteiger partial charge in [-0.2, -0.15) is 0 Å². The number of carbonyl (C=O) groups is 1. The number of primary sulfonamides is 1. The highest BCUT2D eigenvalue weighted by Crippen LogP contribution is 2.28. The first-order valence-electron chi connectivity index (χ1n) is 9.61. The van der Waals surface area contributed by atoms with Gasteiger partial charge in [0, 0.05) is 6.54 Å². The van der Waals surface area contributed by atoms with Gasteiger partial charge in [0.15, 0.2) is 0 Å². The molecule has 0 saturated carbocycles. The summed E-state index contributed by atoms with van der Waals surface area (Å²) >= 11 is 5.94. The van der Waals surface area contributed by atoms with E-state index in [1.165, 1.54) is 51.0 Å². The molecule has 0 aliphatic heterocycles. The van der Waals surface area contributed by atoms with E-state index in [2.05, 4.69) is 12.2 Å². The van der Waals surface area contributed by atoms with Crippen LogP contribution in [0.25, 0.3) is 0 Å². The molecule has 0 bridgehead atoms. The molecule has 1 aromatic carbocycles. The topological polar surface area (TPSA) is 109 Å². The number of hydrogen-bond acceptors (Lipinski definition) is 4. The van der Waals surface area contributed by atoms with Crippen molar-refractivity contribution in [2.75, 3.05) is 11.9 Å². The molecule has 4 N–H and O–H groups in total. The molecule has 0 aliphatic rings. The van der Waals surface area contributed by atoms with Gasteiger partial charge >= 0.3 is 5.97 Å². The largest absolute Gasteiger partial charge is 0.478 e. The maximum atomic E-state index is 11.5. The second kappa shape index (κ2) is 12.2. The van der Waals surface area contributed by atoms with Gasteiger partial charge in [0.1, 0.15) is 4.90 Å². The molecule has 27 heavy (non-hydrogen) atoms. The van der Waals surface area contributed by atoms with Crippen molar-refractivity contribution < 1.29 is 18.3 Å². The fourth-order valence-corrected chi connectivity index (χ4v) is 4.03. The van der Waals surface area contributed by atoms with Gasteiger partial charge in [-0.05, 0) is 18.6 Å². The maximum Gasteiger partial charge on any atom is 0.337 e. The predicted molar refractivity (Wildman–Crippen MR) is 110 cm³/mol. The highest BCUT2D eigenvalue weighted by molar-refractivity contribution is 7.89. The third-order valence-corrected chi connectivity index (χ3v) is 5.83. The average Bonchev–Trinajstić information content (AvgIpc) is 2.58. The van der Waals surface area contributed by atoms with Gasteiger partial charge in [-0.25, -0.2) is 18.4 Å². The van der Waals surface area contributed by atoms with Crippen molar-refractivity contribution in [3.63, 3.8) is 0 Å². The Hall–Kier alpha value is -1.31. The molecule has 0 atom stereocenters. The Balaban J connectivity index is 2.40. The number of hydrogen-bond donors (Lipinski definition) is 3. The van der Waals surface area contributed by atoms with Crippen molar-refractivity contribution in [2.24, 2.45) is 5.14 Å². The standard InChI is InChI=1S/C19H31ClN2O4S/c1-2-3-4-5-6-7-8-9-10-11-12-22-17-14-16(20)18(27(21,25)26)13-15(17)19(23)24/h13-14,22H,2-12H2,1H3,(H,23,24)(H2,21,25,26). The highest BCUT2D eigenvalue weighted by atomic mass is 35.5.